The number of aromatic nitrogens is 1. The number of anilines is 1. The van der Waals surface area contributed by atoms with Crippen LogP contribution in [0.1, 0.15) is 6.92 Å². The second kappa shape index (κ2) is 7.70. The van der Waals surface area contributed by atoms with Gasteiger partial charge in [-0.25, -0.2) is 4.98 Å². The zero-order chi connectivity index (χ0) is 15.2. The molecule has 1 aromatic heterocycles. The van der Waals surface area contributed by atoms with Crippen LogP contribution in [0.3, 0.4) is 0 Å². The maximum atomic E-state index is 12.2. The molecular formula is C14H21ClN4O2. The van der Waals surface area contributed by atoms with E-state index in [4.69, 9.17) is 16.7 Å². The smallest absolute Gasteiger partial charge is 0.242 e. The van der Waals surface area contributed by atoms with Gasteiger partial charge in [-0.15, -0.1) is 0 Å². The maximum absolute atomic E-state index is 12.2. The Bertz CT molecular complexity index is 461. The molecule has 0 aliphatic carbocycles. The van der Waals surface area contributed by atoms with E-state index in [1.54, 1.807) is 12.1 Å². The number of pyridine rings is 1. The first-order valence-electron chi connectivity index (χ1n) is 7.10. The molecule has 0 saturated carbocycles. The standard InChI is InChI=1S/C14H21ClN4O2/c1-11(19-6-4-18(5-7-19)8-9-20)14(21)17-13-3-2-12(15)10-16-13/h2-3,10-11,20H,4-9H2,1H3,(H,16,17,21). The molecule has 0 bridgehead atoms. The van der Waals surface area contributed by atoms with Gasteiger partial charge in [0.1, 0.15) is 5.82 Å². The van der Waals surface area contributed by atoms with E-state index in [-0.39, 0.29) is 18.6 Å². The third-order valence-corrected chi connectivity index (χ3v) is 3.95. The molecule has 7 heteroatoms. The maximum Gasteiger partial charge on any atom is 0.242 e. The van der Waals surface area contributed by atoms with Crippen LogP contribution in [0.5, 0.6) is 0 Å². The van der Waals surface area contributed by atoms with Gasteiger partial charge in [0.2, 0.25) is 5.91 Å². The average Bonchev–Trinajstić information content (AvgIpc) is 2.50. The van der Waals surface area contributed by atoms with Crippen LogP contribution in [0.25, 0.3) is 0 Å². The number of halogens is 1. The highest BCUT2D eigenvalue weighted by Crippen LogP contribution is 2.12. The lowest BCUT2D eigenvalue weighted by Crippen LogP contribution is -2.53. The average molecular weight is 313 g/mol. The molecule has 1 saturated heterocycles. The fourth-order valence-corrected chi connectivity index (χ4v) is 2.47. The Morgan fingerprint density at radius 2 is 2.14 bits per heavy atom. The van der Waals surface area contributed by atoms with Crippen LogP contribution in [0.15, 0.2) is 18.3 Å². The van der Waals surface area contributed by atoms with Gasteiger partial charge in [0.15, 0.2) is 0 Å². The Hall–Kier alpha value is -1.21. The van der Waals surface area contributed by atoms with Crippen molar-refractivity contribution in [2.45, 2.75) is 13.0 Å². The Kier molecular flexibility index (Phi) is 5.93. The minimum absolute atomic E-state index is 0.0690. The van der Waals surface area contributed by atoms with Crippen molar-refractivity contribution in [3.8, 4) is 0 Å². The molecular weight excluding hydrogens is 292 g/mol. The number of rotatable bonds is 5. The molecule has 0 radical (unpaired) electrons. The normalized spacial score (nSPS) is 18.4. The third-order valence-electron chi connectivity index (χ3n) is 3.73. The summed E-state index contributed by atoms with van der Waals surface area (Å²) in [6.07, 6.45) is 1.51. The van der Waals surface area contributed by atoms with E-state index in [1.165, 1.54) is 6.20 Å². The zero-order valence-corrected chi connectivity index (χ0v) is 12.9. The van der Waals surface area contributed by atoms with E-state index >= 15 is 0 Å². The van der Waals surface area contributed by atoms with Crippen molar-refractivity contribution in [3.05, 3.63) is 23.4 Å². The highest BCUT2D eigenvalue weighted by molar-refractivity contribution is 6.30. The van der Waals surface area contributed by atoms with Gasteiger partial charge in [-0.1, -0.05) is 11.6 Å². The molecule has 1 amide bonds. The summed E-state index contributed by atoms with van der Waals surface area (Å²) < 4.78 is 0. The monoisotopic (exact) mass is 312 g/mol. The fraction of sp³-hybridized carbons (Fsp3) is 0.571. The number of amides is 1. The van der Waals surface area contributed by atoms with Gasteiger partial charge >= 0.3 is 0 Å². The predicted molar refractivity (Wildman–Crippen MR) is 82.4 cm³/mol. The molecule has 1 fully saturated rings. The minimum atomic E-state index is -0.209. The van der Waals surface area contributed by atoms with Gasteiger partial charge in [-0.3, -0.25) is 14.6 Å². The van der Waals surface area contributed by atoms with E-state index in [1.807, 2.05) is 6.92 Å². The van der Waals surface area contributed by atoms with Crippen LogP contribution in [0, 0.1) is 0 Å². The summed E-state index contributed by atoms with van der Waals surface area (Å²) in [5, 5.41) is 12.3. The number of nitrogens with zero attached hydrogens (tertiary/aromatic N) is 3. The van der Waals surface area contributed by atoms with E-state index in [0.29, 0.717) is 17.4 Å². The molecule has 0 aromatic carbocycles. The van der Waals surface area contributed by atoms with Gasteiger partial charge in [0.05, 0.1) is 17.7 Å². The third kappa shape index (κ3) is 4.64. The van der Waals surface area contributed by atoms with Crippen LogP contribution >= 0.6 is 11.6 Å². The molecule has 6 nitrogen and oxygen atoms in total. The van der Waals surface area contributed by atoms with Gasteiger partial charge in [-0.2, -0.15) is 0 Å². The largest absolute Gasteiger partial charge is 0.395 e. The number of piperazine rings is 1. The Balaban J connectivity index is 1.84. The lowest BCUT2D eigenvalue weighted by Gasteiger charge is -2.37. The van der Waals surface area contributed by atoms with Crippen molar-refractivity contribution < 1.29 is 9.90 Å². The molecule has 21 heavy (non-hydrogen) atoms. The fourth-order valence-electron chi connectivity index (χ4n) is 2.36. The Labute approximate surface area is 129 Å². The second-order valence-electron chi connectivity index (χ2n) is 5.13. The van der Waals surface area contributed by atoms with Gasteiger partial charge < -0.3 is 10.4 Å². The second-order valence-corrected chi connectivity index (χ2v) is 5.56. The van der Waals surface area contributed by atoms with E-state index < -0.39 is 0 Å². The lowest BCUT2D eigenvalue weighted by atomic mass is 10.2. The molecule has 2 heterocycles. The summed E-state index contributed by atoms with van der Waals surface area (Å²) in [5.41, 5.74) is 0. The molecule has 1 aliphatic rings. The first-order chi connectivity index (χ1) is 10.1. The molecule has 1 aromatic rings. The first kappa shape index (κ1) is 16.2. The number of hydrogen-bond donors (Lipinski definition) is 2. The van der Waals surface area contributed by atoms with Gasteiger partial charge in [0.25, 0.3) is 0 Å². The highest BCUT2D eigenvalue weighted by atomic mass is 35.5. The van der Waals surface area contributed by atoms with Crippen LogP contribution in [-0.4, -0.2) is 71.2 Å². The first-order valence-corrected chi connectivity index (χ1v) is 7.47. The van der Waals surface area contributed by atoms with Crippen LogP contribution in [-0.2, 0) is 4.79 Å². The number of aliphatic hydroxyl groups is 1. The summed E-state index contributed by atoms with van der Waals surface area (Å²) >= 11 is 5.77. The van der Waals surface area contributed by atoms with Crippen molar-refractivity contribution in [2.75, 3.05) is 44.6 Å². The van der Waals surface area contributed by atoms with Crippen molar-refractivity contribution in [3.63, 3.8) is 0 Å². The van der Waals surface area contributed by atoms with Gasteiger partial charge in [0, 0.05) is 38.9 Å². The Morgan fingerprint density at radius 1 is 1.43 bits per heavy atom. The molecule has 2 rings (SSSR count). The Morgan fingerprint density at radius 3 is 2.71 bits per heavy atom. The van der Waals surface area contributed by atoms with Crippen molar-refractivity contribution in [2.24, 2.45) is 0 Å². The zero-order valence-electron chi connectivity index (χ0n) is 12.1. The van der Waals surface area contributed by atoms with Crippen LogP contribution in [0.2, 0.25) is 5.02 Å². The number of carbonyl (C=O) groups excluding carboxylic acids is 1. The predicted octanol–water partition coefficient (Wildman–Crippen LogP) is 0.672. The number of nitrogens with one attached hydrogen (secondary N) is 1. The van der Waals surface area contributed by atoms with Crippen LogP contribution < -0.4 is 5.32 Å². The van der Waals surface area contributed by atoms with E-state index in [9.17, 15) is 4.79 Å². The quantitative estimate of drug-likeness (QED) is 0.836. The molecule has 1 unspecified atom stereocenters. The van der Waals surface area contributed by atoms with Gasteiger partial charge in [-0.05, 0) is 19.1 Å². The van der Waals surface area contributed by atoms with Crippen molar-refractivity contribution in [1.29, 1.82) is 0 Å². The van der Waals surface area contributed by atoms with E-state index in [2.05, 4.69) is 20.1 Å². The number of hydrogen-bond acceptors (Lipinski definition) is 5. The molecule has 1 aliphatic heterocycles. The summed E-state index contributed by atoms with van der Waals surface area (Å²) in [7, 11) is 0. The highest BCUT2D eigenvalue weighted by Gasteiger charge is 2.25. The minimum Gasteiger partial charge on any atom is -0.395 e. The number of β-amino-alcohol motifs (C(OH)–C–C–N with tert-alkyl or cyclic N) is 1. The molecule has 116 valence electrons. The summed E-state index contributed by atoms with van der Waals surface area (Å²) in [6, 6.07) is 3.17. The van der Waals surface area contributed by atoms with Crippen molar-refractivity contribution in [1.82, 2.24) is 14.8 Å². The topological polar surface area (TPSA) is 68.7 Å². The summed E-state index contributed by atoms with van der Waals surface area (Å²) in [4.78, 5) is 20.6. The molecule has 1 atom stereocenters. The van der Waals surface area contributed by atoms with E-state index in [0.717, 1.165) is 26.2 Å². The summed E-state index contributed by atoms with van der Waals surface area (Å²) in [5.74, 6) is 0.440. The number of aliphatic hydroxyl groups excluding tert-OH is 1. The van der Waals surface area contributed by atoms with Crippen molar-refractivity contribution >= 4 is 23.3 Å². The lowest BCUT2D eigenvalue weighted by molar-refractivity contribution is -0.121. The summed E-state index contributed by atoms with van der Waals surface area (Å²) in [6.45, 7) is 6.16. The van der Waals surface area contributed by atoms with Crippen LogP contribution in [0.4, 0.5) is 5.82 Å². The molecule has 2 N–H and O–H groups in total. The number of carbonyl (C=O) groups is 1. The molecule has 0 spiro atoms. The SMILES string of the molecule is CC(C(=O)Nc1ccc(Cl)cn1)N1CCN(CCO)CC1.